The molecule has 2 saturated carbocycles. The van der Waals surface area contributed by atoms with Gasteiger partial charge in [0.1, 0.15) is 0 Å². The van der Waals surface area contributed by atoms with Gasteiger partial charge in [-0.1, -0.05) is 183 Å². The maximum absolute atomic E-state index is 4.93. The van der Waals surface area contributed by atoms with Crippen molar-refractivity contribution in [1.29, 1.82) is 0 Å². The van der Waals surface area contributed by atoms with Gasteiger partial charge in [0, 0.05) is 35.5 Å². The van der Waals surface area contributed by atoms with Crippen LogP contribution in [0.4, 0.5) is 0 Å². The molecule has 2 unspecified atom stereocenters. The van der Waals surface area contributed by atoms with Gasteiger partial charge in [-0.25, -0.2) is 0 Å². The second-order valence-electron chi connectivity index (χ2n) is 14.1. The van der Waals surface area contributed by atoms with E-state index in [-0.39, 0.29) is 11.8 Å². The van der Waals surface area contributed by atoms with E-state index < -0.39 is 28.9 Å². The summed E-state index contributed by atoms with van der Waals surface area (Å²) in [5, 5.41) is 0. The predicted molar refractivity (Wildman–Crippen MR) is 219 cm³/mol. The molecule has 0 aliphatic heterocycles. The molecule has 0 heterocycles. The van der Waals surface area contributed by atoms with Gasteiger partial charge in [-0.2, -0.15) is 0 Å². The Kier molecular flexibility index (Phi) is 12.9. The van der Waals surface area contributed by atoms with Crippen molar-refractivity contribution in [3.8, 4) is 0 Å². The molecular weight excluding hydrogens is 767 g/mol. The van der Waals surface area contributed by atoms with Crippen molar-refractivity contribution in [2.45, 2.75) is 37.8 Å². The average Bonchev–Trinajstić information content (AvgIpc) is 3.55. The predicted octanol–water partition coefficient (Wildman–Crippen LogP) is 12.5. The Bertz CT molecular complexity index is 1690. The zero-order valence-electron chi connectivity index (χ0n) is 29.6. The third-order valence-electron chi connectivity index (χ3n) is 10.5. The number of benzene rings is 4. The molecule has 4 aromatic rings. The van der Waals surface area contributed by atoms with Crippen molar-refractivity contribution < 1.29 is 20.8 Å². The first kappa shape index (κ1) is 37.8. The molecule has 0 nitrogen and oxygen atoms in total. The molecule has 2 atom stereocenters. The van der Waals surface area contributed by atoms with Crippen molar-refractivity contribution in [2.24, 2.45) is 0 Å². The summed E-state index contributed by atoms with van der Waals surface area (Å²) >= 11 is -0.826. The van der Waals surface area contributed by atoms with E-state index in [4.69, 9.17) is 17.0 Å². The van der Waals surface area contributed by atoms with Crippen molar-refractivity contribution in [3.63, 3.8) is 0 Å². The zero-order valence-corrected chi connectivity index (χ0v) is 34.6. The van der Waals surface area contributed by atoms with Crippen molar-refractivity contribution in [2.75, 3.05) is 0 Å². The molecule has 52 heavy (non-hydrogen) atoms. The monoisotopic (exact) mass is 806 g/mol. The number of hydrogen-bond donors (Lipinski definition) is 0. The Morgan fingerprint density at radius 1 is 0.500 bits per heavy atom. The molecular formula is C48H42Cl2SiZr+2. The van der Waals surface area contributed by atoms with Gasteiger partial charge in [0.05, 0.1) is 8.07 Å². The Morgan fingerprint density at radius 3 is 1.21 bits per heavy atom. The molecule has 10 radical (unpaired) electrons. The summed E-state index contributed by atoms with van der Waals surface area (Å²) in [5.41, 5.74) is 8.58. The summed E-state index contributed by atoms with van der Waals surface area (Å²) in [6, 6.07) is 44.2. The van der Waals surface area contributed by atoms with E-state index in [0.717, 1.165) is 12.8 Å². The first-order valence-electron chi connectivity index (χ1n) is 18.0. The van der Waals surface area contributed by atoms with Gasteiger partial charge < -0.3 is 0 Å². The topological polar surface area (TPSA) is 0 Å². The third-order valence-corrected chi connectivity index (χ3v) is 14.2. The fourth-order valence-electron chi connectivity index (χ4n) is 8.46. The molecule has 0 spiro atoms. The summed E-state index contributed by atoms with van der Waals surface area (Å²) in [7, 11) is 7.50. The summed E-state index contributed by atoms with van der Waals surface area (Å²) in [4.78, 5) is 0. The van der Waals surface area contributed by atoms with Crippen LogP contribution in [0.25, 0.3) is 0 Å². The molecule has 0 amide bonds. The van der Waals surface area contributed by atoms with Gasteiger partial charge >= 0.3 is 37.9 Å². The van der Waals surface area contributed by atoms with E-state index >= 15 is 0 Å². The molecule has 0 bridgehead atoms. The summed E-state index contributed by atoms with van der Waals surface area (Å²) in [6.45, 7) is 5.24. The van der Waals surface area contributed by atoms with Crippen LogP contribution in [0.5, 0.6) is 0 Å². The number of hydrogen-bond acceptors (Lipinski definition) is 0. The van der Waals surface area contributed by atoms with Crippen LogP contribution in [-0.4, -0.2) is 8.07 Å². The Labute approximate surface area is 332 Å². The Hall–Kier alpha value is -2.48. The van der Waals surface area contributed by atoms with Crippen LogP contribution in [0.2, 0.25) is 13.1 Å². The van der Waals surface area contributed by atoms with Crippen molar-refractivity contribution >= 4 is 25.1 Å². The SMILES string of the molecule is C[Si](C)([C]1[C](Cc2ccccc2)[CH][C]2[C]1C=CC=CC2c1ccccc1)[C]1[C](Cc2ccccc2)[CH][C]2[C]1C=CC=CC2c1ccccc1.[Cl][Zr+2][Cl]. The van der Waals surface area contributed by atoms with Gasteiger partial charge in [0.25, 0.3) is 0 Å². The van der Waals surface area contributed by atoms with E-state index in [1.807, 2.05) is 0 Å². The van der Waals surface area contributed by atoms with Crippen LogP contribution in [0, 0.1) is 59.4 Å². The molecule has 2 fully saturated rings. The fourth-order valence-corrected chi connectivity index (χ4v) is 12.4. The van der Waals surface area contributed by atoms with Crippen molar-refractivity contribution in [3.05, 3.63) is 252 Å². The van der Waals surface area contributed by atoms with Gasteiger partial charge in [-0.3, -0.25) is 0 Å². The van der Waals surface area contributed by atoms with Crippen molar-refractivity contribution in [1.82, 2.24) is 0 Å². The first-order valence-corrected chi connectivity index (χ1v) is 27.3. The fraction of sp³-hybridized carbons (Fsp3) is 0.125. The van der Waals surface area contributed by atoms with E-state index in [1.54, 1.807) is 11.1 Å². The molecule has 4 heteroatoms. The zero-order chi connectivity index (χ0) is 35.9. The number of fused-ring (bicyclic) bond motifs is 2. The minimum atomic E-state index is -2.37. The van der Waals surface area contributed by atoms with E-state index in [1.165, 1.54) is 57.8 Å². The number of allylic oxidation sites excluding steroid dienone is 8. The second-order valence-corrected chi connectivity index (χ2v) is 22.1. The molecule has 0 aromatic heterocycles. The van der Waals surface area contributed by atoms with E-state index in [9.17, 15) is 0 Å². The molecule has 254 valence electrons. The second kappa shape index (κ2) is 17.8. The number of halogens is 2. The maximum atomic E-state index is 4.93. The Balaban J connectivity index is 0.00000136. The molecule has 8 rings (SSSR count). The third kappa shape index (κ3) is 8.27. The summed E-state index contributed by atoms with van der Waals surface area (Å²) in [6.07, 6.45) is 25.6. The van der Waals surface area contributed by atoms with Gasteiger partial charge in [0.2, 0.25) is 0 Å². The summed E-state index contributed by atoms with van der Waals surface area (Å²) in [5.74, 6) is 9.10. The van der Waals surface area contributed by atoms with Crippen LogP contribution in [0.1, 0.15) is 34.1 Å². The van der Waals surface area contributed by atoms with Gasteiger partial charge in [-0.15, -0.1) is 0 Å². The van der Waals surface area contributed by atoms with Crippen LogP contribution >= 0.6 is 17.0 Å². The van der Waals surface area contributed by atoms with Crippen LogP contribution in [-0.2, 0) is 33.7 Å². The van der Waals surface area contributed by atoms with Gasteiger partial charge in [0.15, 0.2) is 0 Å². The standard InChI is InChI=1S/C48H42Si.2ClH.Zr/c1-49(2,47-39(31-35-19-7-3-8-20-35)33-45-41(27-15-17-29-43(45)47)37-23-11-5-12-24-37)48-40(32-36-21-9-4-10-22-36)34-46-42(28-16-18-30-44(46)48)38-25-13-6-14-26-38;;;/h3-30,33-34,41-42H,31-32H2,1-2H3;2*1H;/q;;;+4/p-2. The number of rotatable bonds is 8. The molecule has 4 aliphatic carbocycles. The normalized spacial score (nSPS) is 22.0. The molecule has 0 saturated heterocycles. The molecule has 4 aromatic carbocycles. The average molecular weight is 809 g/mol. The molecule has 4 aliphatic rings. The van der Waals surface area contributed by atoms with Gasteiger partial charge in [-0.05, 0) is 70.9 Å². The van der Waals surface area contributed by atoms with Crippen LogP contribution in [0.3, 0.4) is 0 Å². The first-order chi connectivity index (χ1) is 25.5. The van der Waals surface area contributed by atoms with E-state index in [0.29, 0.717) is 0 Å². The minimum absolute atomic E-state index is 0.214. The van der Waals surface area contributed by atoms with E-state index in [2.05, 4.69) is 196 Å². The Morgan fingerprint density at radius 2 is 0.846 bits per heavy atom. The van der Waals surface area contributed by atoms with Crippen LogP contribution < -0.4 is 0 Å². The molecule has 0 N–H and O–H groups in total. The quantitative estimate of drug-likeness (QED) is 0.156. The summed E-state index contributed by atoms with van der Waals surface area (Å²) < 4.78 is 0. The van der Waals surface area contributed by atoms with Crippen LogP contribution in [0.15, 0.2) is 170 Å².